The van der Waals surface area contributed by atoms with Crippen LogP contribution in [0.2, 0.25) is 0 Å². The Kier molecular flexibility index (Phi) is 4.23. The third-order valence-corrected chi connectivity index (χ3v) is 2.28. The molecule has 0 aliphatic carbocycles. The third-order valence-electron chi connectivity index (χ3n) is 2.28. The lowest BCUT2D eigenvalue weighted by Gasteiger charge is -2.08. The number of rotatable bonds is 5. The molecule has 3 heteroatoms. The molecule has 0 radical (unpaired) electrons. The smallest absolute Gasteiger partial charge is 0.168 e. The largest absolute Gasteiger partial charge is 0.294 e. The van der Waals surface area contributed by atoms with Gasteiger partial charge in [-0.25, -0.2) is 9.97 Å². The minimum absolute atomic E-state index is 0.0842. The standard InChI is InChI=1S/C11H16N2O/c1-3-4-5-9(2)11(14)10-6-12-8-13-7-10/h6-9H,3-5H2,1-2H3. The number of unbranched alkanes of at least 4 members (excludes halogenated alkanes) is 1. The summed E-state index contributed by atoms with van der Waals surface area (Å²) in [5, 5.41) is 0. The van der Waals surface area contributed by atoms with Crippen molar-refractivity contribution in [1.82, 2.24) is 9.97 Å². The first kappa shape index (κ1) is 10.8. The third kappa shape index (κ3) is 2.91. The van der Waals surface area contributed by atoms with Crippen LogP contribution in [0.5, 0.6) is 0 Å². The van der Waals surface area contributed by atoms with Gasteiger partial charge < -0.3 is 0 Å². The van der Waals surface area contributed by atoms with Gasteiger partial charge in [-0.1, -0.05) is 26.7 Å². The van der Waals surface area contributed by atoms with Crippen LogP contribution in [0, 0.1) is 5.92 Å². The first-order chi connectivity index (χ1) is 6.75. The first-order valence-electron chi connectivity index (χ1n) is 5.05. The molecular formula is C11H16N2O. The van der Waals surface area contributed by atoms with Crippen molar-refractivity contribution in [2.24, 2.45) is 5.92 Å². The Labute approximate surface area is 84.6 Å². The molecule has 1 atom stereocenters. The van der Waals surface area contributed by atoms with Crippen LogP contribution >= 0.6 is 0 Å². The summed E-state index contributed by atoms with van der Waals surface area (Å²) in [5.41, 5.74) is 0.621. The number of nitrogens with zero attached hydrogens (tertiary/aromatic N) is 2. The van der Waals surface area contributed by atoms with E-state index in [4.69, 9.17) is 0 Å². The Balaban J connectivity index is 2.57. The minimum Gasteiger partial charge on any atom is -0.294 e. The van der Waals surface area contributed by atoms with Crippen molar-refractivity contribution in [2.75, 3.05) is 0 Å². The van der Waals surface area contributed by atoms with E-state index >= 15 is 0 Å². The zero-order valence-corrected chi connectivity index (χ0v) is 8.73. The van der Waals surface area contributed by atoms with Crippen molar-refractivity contribution < 1.29 is 4.79 Å². The zero-order chi connectivity index (χ0) is 10.4. The molecule has 1 rings (SSSR count). The maximum absolute atomic E-state index is 11.8. The highest BCUT2D eigenvalue weighted by Crippen LogP contribution is 2.13. The summed E-state index contributed by atoms with van der Waals surface area (Å²) in [6.07, 6.45) is 7.77. The molecule has 0 fully saturated rings. The molecular weight excluding hydrogens is 176 g/mol. The van der Waals surface area contributed by atoms with Crippen LogP contribution in [0.3, 0.4) is 0 Å². The summed E-state index contributed by atoms with van der Waals surface area (Å²) in [7, 11) is 0. The second-order valence-corrected chi connectivity index (χ2v) is 3.53. The highest BCUT2D eigenvalue weighted by molar-refractivity contribution is 5.96. The van der Waals surface area contributed by atoms with Gasteiger partial charge in [0.05, 0.1) is 5.56 Å². The van der Waals surface area contributed by atoms with Crippen molar-refractivity contribution in [3.63, 3.8) is 0 Å². The van der Waals surface area contributed by atoms with Gasteiger partial charge in [0.1, 0.15) is 6.33 Å². The van der Waals surface area contributed by atoms with E-state index in [1.165, 1.54) is 6.33 Å². The van der Waals surface area contributed by atoms with Gasteiger partial charge in [0, 0.05) is 18.3 Å². The zero-order valence-electron chi connectivity index (χ0n) is 8.73. The van der Waals surface area contributed by atoms with Crippen LogP contribution in [-0.2, 0) is 0 Å². The van der Waals surface area contributed by atoms with E-state index in [9.17, 15) is 4.79 Å². The van der Waals surface area contributed by atoms with Crippen molar-refractivity contribution in [1.29, 1.82) is 0 Å². The van der Waals surface area contributed by atoms with Crippen LogP contribution in [0.25, 0.3) is 0 Å². The quantitative estimate of drug-likeness (QED) is 0.673. The normalized spacial score (nSPS) is 12.4. The minimum atomic E-state index is 0.0842. The fourth-order valence-corrected chi connectivity index (χ4v) is 1.35. The lowest BCUT2D eigenvalue weighted by molar-refractivity contribution is 0.0922. The second-order valence-electron chi connectivity index (χ2n) is 3.53. The Hall–Kier alpha value is -1.25. The first-order valence-corrected chi connectivity index (χ1v) is 5.05. The Morgan fingerprint density at radius 3 is 2.64 bits per heavy atom. The van der Waals surface area contributed by atoms with E-state index in [-0.39, 0.29) is 11.7 Å². The molecule has 0 aliphatic heterocycles. The van der Waals surface area contributed by atoms with Crippen molar-refractivity contribution in [3.05, 3.63) is 24.3 Å². The van der Waals surface area contributed by atoms with Gasteiger partial charge in [-0.15, -0.1) is 0 Å². The SMILES string of the molecule is CCCCC(C)C(=O)c1cncnc1. The van der Waals surface area contributed by atoms with E-state index < -0.39 is 0 Å². The highest BCUT2D eigenvalue weighted by Gasteiger charge is 2.14. The van der Waals surface area contributed by atoms with Gasteiger partial charge in [0.25, 0.3) is 0 Å². The predicted octanol–water partition coefficient (Wildman–Crippen LogP) is 2.49. The molecule has 3 nitrogen and oxygen atoms in total. The summed E-state index contributed by atoms with van der Waals surface area (Å²) in [6.45, 7) is 4.09. The Bertz CT molecular complexity index is 285. The van der Waals surface area contributed by atoms with Crippen LogP contribution in [0.1, 0.15) is 43.5 Å². The molecule has 0 spiro atoms. The molecule has 0 bridgehead atoms. The molecule has 1 heterocycles. The fourth-order valence-electron chi connectivity index (χ4n) is 1.35. The van der Waals surface area contributed by atoms with Crippen LogP contribution < -0.4 is 0 Å². The van der Waals surface area contributed by atoms with E-state index in [0.29, 0.717) is 5.56 Å². The molecule has 1 aromatic rings. The van der Waals surface area contributed by atoms with E-state index in [1.807, 2.05) is 6.92 Å². The lowest BCUT2D eigenvalue weighted by atomic mass is 9.96. The average Bonchev–Trinajstić information content (AvgIpc) is 2.26. The molecule has 14 heavy (non-hydrogen) atoms. The summed E-state index contributed by atoms with van der Waals surface area (Å²) in [6, 6.07) is 0. The van der Waals surface area contributed by atoms with Gasteiger partial charge in [-0.05, 0) is 6.42 Å². The van der Waals surface area contributed by atoms with Gasteiger partial charge in [-0.2, -0.15) is 0 Å². The number of aromatic nitrogens is 2. The summed E-state index contributed by atoms with van der Waals surface area (Å²) < 4.78 is 0. The highest BCUT2D eigenvalue weighted by atomic mass is 16.1. The molecule has 0 amide bonds. The van der Waals surface area contributed by atoms with Crippen LogP contribution in [0.15, 0.2) is 18.7 Å². The Morgan fingerprint density at radius 1 is 1.43 bits per heavy atom. The number of carbonyl (C=O) groups excluding carboxylic acids is 1. The molecule has 1 aromatic heterocycles. The van der Waals surface area contributed by atoms with E-state index in [0.717, 1.165) is 19.3 Å². The second kappa shape index (κ2) is 5.47. The van der Waals surface area contributed by atoms with Crippen molar-refractivity contribution in [2.45, 2.75) is 33.1 Å². The summed E-state index contributed by atoms with van der Waals surface area (Å²) >= 11 is 0. The van der Waals surface area contributed by atoms with Crippen LogP contribution in [-0.4, -0.2) is 15.8 Å². The van der Waals surface area contributed by atoms with Gasteiger partial charge in [0.15, 0.2) is 5.78 Å². The van der Waals surface area contributed by atoms with E-state index in [1.54, 1.807) is 12.4 Å². The predicted molar refractivity (Wildman–Crippen MR) is 55.1 cm³/mol. The number of ketones is 1. The monoisotopic (exact) mass is 192 g/mol. The summed E-state index contributed by atoms with van der Waals surface area (Å²) in [4.78, 5) is 19.4. The fraction of sp³-hybridized carbons (Fsp3) is 0.545. The number of carbonyl (C=O) groups is 1. The van der Waals surface area contributed by atoms with Crippen molar-refractivity contribution in [3.8, 4) is 0 Å². The maximum atomic E-state index is 11.8. The molecule has 0 aliphatic rings. The topological polar surface area (TPSA) is 42.9 Å². The number of Topliss-reactive ketones (excluding diaryl/α,β-unsaturated/α-hetero) is 1. The maximum Gasteiger partial charge on any atom is 0.168 e. The summed E-state index contributed by atoms with van der Waals surface area (Å²) in [5.74, 6) is 0.236. The van der Waals surface area contributed by atoms with Crippen molar-refractivity contribution >= 4 is 5.78 Å². The lowest BCUT2D eigenvalue weighted by Crippen LogP contribution is -2.11. The van der Waals surface area contributed by atoms with Gasteiger partial charge in [0.2, 0.25) is 0 Å². The molecule has 0 aromatic carbocycles. The molecule has 76 valence electrons. The van der Waals surface area contributed by atoms with Gasteiger partial charge >= 0.3 is 0 Å². The molecule has 0 saturated heterocycles. The number of hydrogen-bond acceptors (Lipinski definition) is 3. The van der Waals surface area contributed by atoms with Crippen LogP contribution in [0.4, 0.5) is 0 Å². The average molecular weight is 192 g/mol. The molecule has 0 N–H and O–H groups in total. The van der Waals surface area contributed by atoms with Gasteiger partial charge in [-0.3, -0.25) is 4.79 Å². The molecule has 1 unspecified atom stereocenters. The number of hydrogen-bond donors (Lipinski definition) is 0. The molecule has 0 saturated carbocycles. The van der Waals surface area contributed by atoms with E-state index in [2.05, 4.69) is 16.9 Å². The Morgan fingerprint density at radius 2 is 2.07 bits per heavy atom.